The Morgan fingerprint density at radius 1 is 1.33 bits per heavy atom. The average Bonchev–Trinajstić information content (AvgIpc) is 1.88. The highest BCUT2D eigenvalue weighted by Crippen LogP contribution is 1.79. The minimum absolute atomic E-state index is 0.845. The van der Waals surface area contributed by atoms with Gasteiger partial charge < -0.3 is 5.73 Å². The third-order valence-electron chi connectivity index (χ3n) is 0.552. The zero-order chi connectivity index (χ0) is 7.70. The summed E-state index contributed by atoms with van der Waals surface area (Å²) in [5.74, 6) is 0. The molecule has 0 aromatic heterocycles. The second-order valence-corrected chi connectivity index (χ2v) is 1.44. The van der Waals surface area contributed by atoms with Crippen molar-refractivity contribution in [2.75, 3.05) is 0 Å². The lowest BCUT2D eigenvalue weighted by Crippen LogP contribution is -1.87. The fourth-order valence-corrected chi connectivity index (χ4v) is 0.248. The molecule has 0 saturated carbocycles. The highest BCUT2D eigenvalue weighted by atomic mass is 14.5. The van der Waals surface area contributed by atoms with Crippen LogP contribution in [0.5, 0.6) is 0 Å². The first-order valence-corrected chi connectivity index (χ1v) is 3.32. The molecule has 0 aliphatic carbocycles. The van der Waals surface area contributed by atoms with Crippen molar-refractivity contribution in [1.29, 1.82) is 0 Å². The molecule has 54 valence electrons. The molecule has 0 rings (SSSR count). The molecule has 9 heavy (non-hydrogen) atoms. The fraction of sp³-hybridized carbons (Fsp3) is 0.500. The van der Waals surface area contributed by atoms with Gasteiger partial charge in [0.15, 0.2) is 0 Å². The van der Waals surface area contributed by atoms with E-state index in [1.54, 1.807) is 0 Å². The van der Waals surface area contributed by atoms with Crippen LogP contribution >= 0.6 is 0 Å². The molecular weight excluding hydrogens is 110 g/mol. The quantitative estimate of drug-likeness (QED) is 0.538. The lowest BCUT2D eigenvalue weighted by Gasteiger charge is -1.79. The maximum Gasteiger partial charge on any atom is 0.00487 e. The highest BCUT2D eigenvalue weighted by Gasteiger charge is 1.65. The van der Waals surface area contributed by atoms with Gasteiger partial charge in [0.2, 0.25) is 0 Å². The predicted octanol–water partition coefficient (Wildman–Crippen LogP) is 2.45. The molecule has 0 aromatic rings. The summed E-state index contributed by atoms with van der Waals surface area (Å²) in [6.07, 6.45) is 5.71. The van der Waals surface area contributed by atoms with Crippen LogP contribution in [0.4, 0.5) is 0 Å². The Morgan fingerprint density at radius 2 is 1.78 bits per heavy atom. The normalized spacial score (nSPS) is 10.9. The van der Waals surface area contributed by atoms with E-state index >= 15 is 0 Å². The summed E-state index contributed by atoms with van der Waals surface area (Å²) in [7, 11) is 0. The molecule has 0 aromatic carbocycles. The van der Waals surface area contributed by atoms with Gasteiger partial charge in [-0.1, -0.05) is 26.0 Å². The van der Waals surface area contributed by atoms with Gasteiger partial charge >= 0.3 is 0 Å². The molecule has 0 heterocycles. The molecule has 0 aliphatic heterocycles. The molecule has 2 N–H and O–H groups in total. The Balaban J connectivity index is 0. The third-order valence-corrected chi connectivity index (χ3v) is 0.552. The van der Waals surface area contributed by atoms with Crippen molar-refractivity contribution < 1.29 is 0 Å². The first-order chi connectivity index (χ1) is 4.27. The zero-order valence-corrected chi connectivity index (χ0v) is 6.81. The van der Waals surface area contributed by atoms with Crippen LogP contribution in [0.2, 0.25) is 0 Å². The summed E-state index contributed by atoms with van der Waals surface area (Å²) in [6.45, 7) is 7.82. The summed E-state index contributed by atoms with van der Waals surface area (Å²) < 4.78 is 0. The summed E-state index contributed by atoms with van der Waals surface area (Å²) >= 11 is 0. The Morgan fingerprint density at radius 3 is 1.89 bits per heavy atom. The molecule has 0 unspecified atom stereocenters. The monoisotopic (exact) mass is 127 g/mol. The van der Waals surface area contributed by atoms with E-state index in [1.165, 1.54) is 0 Å². The smallest absolute Gasteiger partial charge is 0.00487 e. The Hall–Kier alpha value is -0.720. The van der Waals surface area contributed by atoms with Crippen molar-refractivity contribution in [2.24, 2.45) is 5.73 Å². The van der Waals surface area contributed by atoms with E-state index in [1.807, 2.05) is 45.9 Å². The Labute approximate surface area is 58.3 Å². The molecule has 0 amide bonds. The van der Waals surface area contributed by atoms with Crippen LogP contribution in [0, 0.1) is 0 Å². The molecule has 0 fully saturated rings. The largest absolute Gasteiger partial charge is 0.402 e. The molecule has 0 aliphatic rings. The van der Waals surface area contributed by atoms with E-state index in [9.17, 15) is 0 Å². The van der Waals surface area contributed by atoms with Gasteiger partial charge in [0, 0.05) is 5.70 Å². The van der Waals surface area contributed by atoms with Crippen LogP contribution in [0.25, 0.3) is 0 Å². The SMILES string of the molecule is C/C=C\C=C(/C)N.CC. The van der Waals surface area contributed by atoms with E-state index in [-0.39, 0.29) is 0 Å². The van der Waals surface area contributed by atoms with Crippen LogP contribution in [-0.2, 0) is 0 Å². The van der Waals surface area contributed by atoms with Crippen molar-refractivity contribution >= 4 is 0 Å². The van der Waals surface area contributed by atoms with Gasteiger partial charge in [0.05, 0.1) is 0 Å². The number of allylic oxidation sites excluding steroid dienone is 4. The molecule has 1 nitrogen and oxygen atoms in total. The first kappa shape index (κ1) is 11.1. The maximum absolute atomic E-state index is 5.29. The lowest BCUT2D eigenvalue weighted by molar-refractivity contribution is 1.32. The Kier molecular flexibility index (Phi) is 12.7. The zero-order valence-electron chi connectivity index (χ0n) is 6.81. The van der Waals surface area contributed by atoms with Crippen molar-refractivity contribution in [2.45, 2.75) is 27.7 Å². The topological polar surface area (TPSA) is 26.0 Å². The molecular formula is C8H17N. The molecule has 1 heteroatoms. The summed E-state index contributed by atoms with van der Waals surface area (Å²) in [5.41, 5.74) is 6.13. The number of hydrogen-bond acceptors (Lipinski definition) is 1. The van der Waals surface area contributed by atoms with Gasteiger partial charge in [0.25, 0.3) is 0 Å². The third kappa shape index (κ3) is 18.9. The van der Waals surface area contributed by atoms with E-state index in [0.29, 0.717) is 0 Å². The van der Waals surface area contributed by atoms with E-state index in [0.717, 1.165) is 5.70 Å². The van der Waals surface area contributed by atoms with E-state index in [2.05, 4.69) is 0 Å². The van der Waals surface area contributed by atoms with Crippen LogP contribution < -0.4 is 5.73 Å². The minimum atomic E-state index is 0.845. The Bertz CT molecular complexity index is 86.7. The van der Waals surface area contributed by atoms with Crippen LogP contribution in [-0.4, -0.2) is 0 Å². The van der Waals surface area contributed by atoms with Crippen molar-refractivity contribution in [3.8, 4) is 0 Å². The van der Waals surface area contributed by atoms with Gasteiger partial charge in [-0.25, -0.2) is 0 Å². The summed E-state index contributed by atoms with van der Waals surface area (Å²) in [4.78, 5) is 0. The lowest BCUT2D eigenvalue weighted by atomic mass is 10.4. The van der Waals surface area contributed by atoms with E-state index in [4.69, 9.17) is 5.73 Å². The first-order valence-electron chi connectivity index (χ1n) is 3.32. The molecule has 0 atom stereocenters. The number of rotatable bonds is 1. The summed E-state index contributed by atoms with van der Waals surface area (Å²) in [5, 5.41) is 0. The van der Waals surface area contributed by atoms with Crippen molar-refractivity contribution in [1.82, 2.24) is 0 Å². The standard InChI is InChI=1S/C6H11N.C2H6/c1-3-4-5-6(2)7;1-2/h3-5H,7H2,1-2H3;1-2H3/b4-3-,6-5+;. The van der Waals surface area contributed by atoms with Gasteiger partial charge in [-0.15, -0.1) is 0 Å². The minimum Gasteiger partial charge on any atom is -0.402 e. The van der Waals surface area contributed by atoms with Crippen LogP contribution in [0.1, 0.15) is 27.7 Å². The van der Waals surface area contributed by atoms with E-state index < -0.39 is 0 Å². The van der Waals surface area contributed by atoms with Gasteiger partial charge in [-0.3, -0.25) is 0 Å². The van der Waals surface area contributed by atoms with Gasteiger partial charge in [-0.2, -0.15) is 0 Å². The number of hydrogen-bond donors (Lipinski definition) is 1. The fourth-order valence-electron chi connectivity index (χ4n) is 0.248. The van der Waals surface area contributed by atoms with Crippen LogP contribution in [0.3, 0.4) is 0 Å². The van der Waals surface area contributed by atoms with Gasteiger partial charge in [0.1, 0.15) is 0 Å². The number of nitrogens with two attached hydrogens (primary N) is 1. The van der Waals surface area contributed by atoms with Gasteiger partial charge in [-0.05, 0) is 19.9 Å². The summed E-state index contributed by atoms with van der Waals surface area (Å²) in [6, 6.07) is 0. The second-order valence-electron chi connectivity index (χ2n) is 1.44. The second kappa shape index (κ2) is 10.3. The molecule has 0 saturated heterocycles. The van der Waals surface area contributed by atoms with Crippen molar-refractivity contribution in [3.05, 3.63) is 23.9 Å². The van der Waals surface area contributed by atoms with Crippen molar-refractivity contribution in [3.63, 3.8) is 0 Å². The maximum atomic E-state index is 5.29. The highest BCUT2D eigenvalue weighted by molar-refractivity contribution is 5.06. The molecule has 0 spiro atoms. The molecule has 0 bridgehead atoms. The molecule has 0 radical (unpaired) electrons. The average molecular weight is 127 g/mol. The predicted molar refractivity (Wildman–Crippen MR) is 44.1 cm³/mol. The van der Waals surface area contributed by atoms with Crippen LogP contribution in [0.15, 0.2) is 23.9 Å².